The van der Waals surface area contributed by atoms with Crippen molar-refractivity contribution in [1.29, 1.82) is 10.5 Å². The smallest absolute Gasteiger partial charge is 0.341 e. The topological polar surface area (TPSA) is 195 Å². The molecule has 28 heavy (non-hydrogen) atoms. The molecule has 1 aliphatic heterocycles. The van der Waals surface area contributed by atoms with Crippen molar-refractivity contribution in [2.75, 3.05) is 23.9 Å². The number of fused-ring (bicyclic) bond motifs is 1. The highest BCUT2D eigenvalue weighted by Gasteiger charge is 2.30. The molecule has 0 bridgehead atoms. The summed E-state index contributed by atoms with van der Waals surface area (Å²) in [7, 11) is 1.19. The van der Waals surface area contributed by atoms with Crippen LogP contribution in [0.5, 0.6) is 5.75 Å². The van der Waals surface area contributed by atoms with Crippen LogP contribution in [0.25, 0.3) is 0 Å². The third kappa shape index (κ3) is 2.93. The number of nitriles is 2. The third-order valence-electron chi connectivity index (χ3n) is 4.10. The molecular formula is C17H14N8O3. The second-order valence-electron chi connectivity index (χ2n) is 5.67. The van der Waals surface area contributed by atoms with Crippen LogP contribution in [0.4, 0.5) is 17.3 Å². The number of ether oxygens (including phenoxy) is 1. The molecule has 0 amide bonds. The zero-order valence-corrected chi connectivity index (χ0v) is 14.5. The molecule has 1 aromatic heterocycles. The van der Waals surface area contributed by atoms with E-state index in [1.807, 2.05) is 6.07 Å². The Morgan fingerprint density at radius 3 is 2.79 bits per heavy atom. The van der Waals surface area contributed by atoms with Crippen LogP contribution in [0.1, 0.15) is 33.1 Å². The number of nitrogens with two attached hydrogens (primary N) is 2. The number of nitrogens with zero attached hydrogens (tertiary/aromatic N) is 4. The molecule has 0 fully saturated rings. The summed E-state index contributed by atoms with van der Waals surface area (Å²) in [5, 5.41) is 33.3. The summed E-state index contributed by atoms with van der Waals surface area (Å²) < 4.78 is 4.67. The van der Waals surface area contributed by atoms with Crippen LogP contribution < -0.4 is 22.1 Å². The van der Waals surface area contributed by atoms with Crippen molar-refractivity contribution in [3.8, 4) is 18.0 Å². The Labute approximate surface area is 158 Å². The minimum atomic E-state index is -0.837. The summed E-state index contributed by atoms with van der Waals surface area (Å²) in [6.45, 7) is 0. The number of carbonyl (C=O) groups is 1. The molecule has 0 spiro atoms. The van der Waals surface area contributed by atoms with Gasteiger partial charge in [0.25, 0.3) is 0 Å². The predicted molar refractivity (Wildman–Crippen MR) is 98.9 cm³/mol. The minimum Gasteiger partial charge on any atom is -0.507 e. The number of carbonyl (C=O) groups excluding carboxylic acids is 1. The van der Waals surface area contributed by atoms with E-state index in [9.17, 15) is 15.2 Å². The van der Waals surface area contributed by atoms with Crippen LogP contribution in [0.2, 0.25) is 0 Å². The van der Waals surface area contributed by atoms with Gasteiger partial charge in [0.15, 0.2) is 6.19 Å². The molecule has 1 aromatic carbocycles. The SMILES string of the molecule is COC(=O)c1cc(C2N=C(NC#N)Nc3nc(N)c(C#N)c(N)c32)ccc1O. The number of anilines is 3. The summed E-state index contributed by atoms with van der Waals surface area (Å²) >= 11 is 0. The number of phenolic OH excluding ortho intramolecular Hbond substituents is 1. The molecule has 140 valence electrons. The number of hydrogen-bond acceptors (Lipinski definition) is 11. The number of guanidine groups is 1. The van der Waals surface area contributed by atoms with E-state index in [2.05, 4.69) is 25.3 Å². The summed E-state index contributed by atoms with van der Waals surface area (Å²) in [4.78, 5) is 20.4. The average molecular weight is 378 g/mol. The molecule has 0 saturated carbocycles. The van der Waals surface area contributed by atoms with Crippen molar-refractivity contribution in [2.24, 2.45) is 4.99 Å². The van der Waals surface area contributed by atoms with Gasteiger partial charge in [-0.2, -0.15) is 10.5 Å². The summed E-state index contributed by atoms with van der Waals surface area (Å²) in [6, 6.07) is 5.28. The van der Waals surface area contributed by atoms with Gasteiger partial charge in [0.1, 0.15) is 40.6 Å². The Kier molecular flexibility index (Phi) is 4.58. The van der Waals surface area contributed by atoms with Gasteiger partial charge in [-0.05, 0) is 17.7 Å². The predicted octanol–water partition coefficient (Wildman–Crippen LogP) is 0.551. The first-order chi connectivity index (χ1) is 13.4. The van der Waals surface area contributed by atoms with Crippen LogP contribution >= 0.6 is 0 Å². The lowest BCUT2D eigenvalue weighted by Crippen LogP contribution is -2.32. The summed E-state index contributed by atoms with van der Waals surface area (Å²) in [5.41, 5.74) is 12.7. The Morgan fingerprint density at radius 2 is 2.14 bits per heavy atom. The maximum absolute atomic E-state index is 11.9. The molecule has 1 atom stereocenters. The summed E-state index contributed by atoms with van der Waals surface area (Å²) in [6.07, 6.45) is 1.74. The first kappa shape index (κ1) is 18.3. The first-order valence-corrected chi connectivity index (χ1v) is 7.81. The normalized spacial score (nSPS) is 14.5. The van der Waals surface area contributed by atoms with Gasteiger partial charge in [-0.3, -0.25) is 5.32 Å². The fourth-order valence-electron chi connectivity index (χ4n) is 2.82. The van der Waals surface area contributed by atoms with Crippen LogP contribution in [0.3, 0.4) is 0 Å². The molecule has 11 heteroatoms. The third-order valence-corrected chi connectivity index (χ3v) is 4.10. The van der Waals surface area contributed by atoms with Gasteiger partial charge in [-0.15, -0.1) is 0 Å². The van der Waals surface area contributed by atoms with Gasteiger partial charge < -0.3 is 26.6 Å². The van der Waals surface area contributed by atoms with Gasteiger partial charge in [0.2, 0.25) is 5.96 Å². The van der Waals surface area contributed by atoms with Gasteiger partial charge >= 0.3 is 5.97 Å². The quantitative estimate of drug-likeness (QED) is 0.279. The highest BCUT2D eigenvalue weighted by Crippen LogP contribution is 2.41. The Bertz CT molecular complexity index is 1100. The molecule has 2 heterocycles. The minimum absolute atomic E-state index is 0.00980. The number of phenols is 1. The van der Waals surface area contributed by atoms with Crippen molar-refractivity contribution in [2.45, 2.75) is 6.04 Å². The number of aromatic hydroxyl groups is 1. The van der Waals surface area contributed by atoms with E-state index < -0.39 is 12.0 Å². The lowest BCUT2D eigenvalue weighted by Gasteiger charge is -2.26. The second kappa shape index (κ2) is 7.01. The standard InChI is InChI=1S/C17H14N8O3/c1-28-16(27)8-4-7(2-3-10(8)26)13-11-12(20)9(5-18)14(21)24-15(11)25-17(23-13)22-6-19/h2-4,13,26H,1H3,(H6,20,21,22,23,24,25). The molecule has 2 aromatic rings. The molecule has 11 nitrogen and oxygen atoms in total. The first-order valence-electron chi connectivity index (χ1n) is 7.81. The zero-order valence-electron chi connectivity index (χ0n) is 14.5. The van der Waals surface area contributed by atoms with Gasteiger partial charge in [-0.1, -0.05) is 6.07 Å². The van der Waals surface area contributed by atoms with E-state index in [1.54, 1.807) is 6.19 Å². The lowest BCUT2D eigenvalue weighted by atomic mass is 9.94. The van der Waals surface area contributed by atoms with Gasteiger partial charge in [-0.25, -0.2) is 14.8 Å². The highest BCUT2D eigenvalue weighted by molar-refractivity contribution is 5.98. The molecule has 7 N–H and O–H groups in total. The number of pyridine rings is 1. The van der Waals surface area contributed by atoms with Crippen molar-refractivity contribution in [1.82, 2.24) is 10.3 Å². The summed E-state index contributed by atoms with van der Waals surface area (Å²) in [5.74, 6) is -0.813. The molecule has 3 rings (SSSR count). The number of rotatable bonds is 2. The van der Waals surface area contributed by atoms with E-state index in [4.69, 9.17) is 16.7 Å². The molecule has 0 radical (unpaired) electrons. The maximum Gasteiger partial charge on any atom is 0.341 e. The Morgan fingerprint density at radius 1 is 1.39 bits per heavy atom. The van der Waals surface area contributed by atoms with E-state index in [-0.39, 0.29) is 40.2 Å². The fourth-order valence-corrected chi connectivity index (χ4v) is 2.82. The van der Waals surface area contributed by atoms with Gasteiger partial charge in [0, 0.05) is 5.56 Å². The largest absolute Gasteiger partial charge is 0.507 e. The molecule has 0 saturated heterocycles. The van der Waals surface area contributed by atoms with E-state index in [0.717, 1.165) is 0 Å². The Hall–Kier alpha value is -4.51. The highest BCUT2D eigenvalue weighted by atomic mass is 16.5. The van der Waals surface area contributed by atoms with Crippen molar-refractivity contribution < 1.29 is 14.6 Å². The van der Waals surface area contributed by atoms with Gasteiger partial charge in [0.05, 0.1) is 12.8 Å². The van der Waals surface area contributed by atoms with Crippen molar-refractivity contribution in [3.63, 3.8) is 0 Å². The number of esters is 1. The van der Waals surface area contributed by atoms with Crippen LogP contribution in [0, 0.1) is 22.8 Å². The lowest BCUT2D eigenvalue weighted by molar-refractivity contribution is 0.0597. The monoisotopic (exact) mass is 378 g/mol. The number of hydrogen-bond donors (Lipinski definition) is 5. The molecule has 0 aliphatic carbocycles. The van der Waals surface area contributed by atoms with Crippen LogP contribution in [-0.2, 0) is 4.74 Å². The number of benzene rings is 1. The number of nitrogen functional groups attached to an aromatic ring is 2. The molecule has 1 aliphatic rings. The number of nitrogens with one attached hydrogen (secondary N) is 2. The maximum atomic E-state index is 11.9. The van der Waals surface area contributed by atoms with Crippen molar-refractivity contribution in [3.05, 3.63) is 40.5 Å². The average Bonchev–Trinajstić information content (AvgIpc) is 2.67. The fraction of sp³-hybridized carbons (Fsp3) is 0.118. The Balaban J connectivity index is 2.25. The van der Waals surface area contributed by atoms with Crippen LogP contribution in [-0.4, -0.2) is 29.1 Å². The zero-order chi connectivity index (χ0) is 20.4. The number of methoxy groups -OCH3 is 1. The van der Waals surface area contributed by atoms with Crippen LogP contribution in [0.15, 0.2) is 23.2 Å². The number of aliphatic imine (C=N–C) groups is 1. The molecule has 1 unspecified atom stereocenters. The van der Waals surface area contributed by atoms with Crippen molar-refractivity contribution >= 4 is 29.3 Å². The molecular weight excluding hydrogens is 364 g/mol. The second-order valence-corrected chi connectivity index (χ2v) is 5.67. The van der Waals surface area contributed by atoms with E-state index in [1.165, 1.54) is 25.3 Å². The van der Waals surface area contributed by atoms with E-state index >= 15 is 0 Å². The number of aromatic nitrogens is 1. The van der Waals surface area contributed by atoms with E-state index in [0.29, 0.717) is 11.1 Å².